The highest BCUT2D eigenvalue weighted by molar-refractivity contribution is 7.47. The number of allylic oxidation sites excluding steroid dienone is 4. The first-order chi connectivity index (χ1) is 27.4. The Morgan fingerprint density at radius 2 is 0.947 bits per heavy atom. The highest BCUT2D eigenvalue weighted by Crippen LogP contribution is 2.47. The van der Waals surface area contributed by atoms with E-state index in [0.717, 1.165) is 64.2 Å². The Kier molecular flexibility index (Phi) is 31.9. The van der Waals surface area contributed by atoms with Crippen molar-refractivity contribution in [3.63, 3.8) is 0 Å². The van der Waals surface area contributed by atoms with Crippen molar-refractivity contribution in [2.24, 2.45) is 0 Å². The summed E-state index contributed by atoms with van der Waals surface area (Å²) < 4.78 is 33.5. The van der Waals surface area contributed by atoms with Crippen molar-refractivity contribution in [1.82, 2.24) is 0 Å². The standard InChI is InChI=1S/C43H79O13P/c1-3-5-7-9-11-13-15-17-18-20-22-24-26-28-30-32-37(45)55-35(34-54-57(51,52)56-43-41(49)39(47)38(46)40(48)42(43)50)33-53-36(44)31-29-27-25-23-21-19-16-14-12-10-8-6-4-2/h11,13,17-18,35,38-43,46-50H,3-10,12,14-16,19-34H2,1-2H3,(H,51,52). The van der Waals surface area contributed by atoms with E-state index in [1.54, 1.807) is 0 Å². The van der Waals surface area contributed by atoms with E-state index < -0.39 is 75.7 Å². The van der Waals surface area contributed by atoms with E-state index in [1.165, 1.54) is 77.0 Å². The predicted molar refractivity (Wildman–Crippen MR) is 221 cm³/mol. The van der Waals surface area contributed by atoms with Crippen molar-refractivity contribution >= 4 is 19.8 Å². The Morgan fingerprint density at radius 3 is 1.46 bits per heavy atom. The first kappa shape index (κ1) is 53.3. The zero-order valence-electron chi connectivity index (χ0n) is 35.1. The van der Waals surface area contributed by atoms with Gasteiger partial charge in [-0.2, -0.15) is 0 Å². The van der Waals surface area contributed by atoms with Crippen molar-refractivity contribution in [1.29, 1.82) is 0 Å². The fourth-order valence-electron chi connectivity index (χ4n) is 6.67. The Balaban J connectivity index is 2.49. The SMILES string of the molecule is CCCCCC=CCC=CCCCCCCCC(=O)OC(COC(=O)CCCCCCCCCCCCCCC)COP(=O)(O)OC1C(O)C(O)C(O)C(O)C1O. The van der Waals surface area contributed by atoms with Crippen molar-refractivity contribution in [2.45, 2.75) is 224 Å². The van der Waals surface area contributed by atoms with Crippen molar-refractivity contribution in [3.05, 3.63) is 24.3 Å². The molecule has 6 unspecified atom stereocenters. The second-order valence-corrected chi connectivity index (χ2v) is 17.0. The zero-order valence-corrected chi connectivity index (χ0v) is 36.0. The van der Waals surface area contributed by atoms with Gasteiger partial charge in [-0.1, -0.05) is 147 Å². The molecule has 0 spiro atoms. The molecule has 0 saturated heterocycles. The lowest BCUT2D eigenvalue weighted by Crippen LogP contribution is -2.64. The van der Waals surface area contributed by atoms with Crippen LogP contribution in [0.25, 0.3) is 0 Å². The summed E-state index contributed by atoms with van der Waals surface area (Å²) >= 11 is 0. The van der Waals surface area contributed by atoms with Gasteiger partial charge in [0.2, 0.25) is 0 Å². The summed E-state index contributed by atoms with van der Waals surface area (Å²) in [5.74, 6) is -1.11. The molecular formula is C43H79O13P. The van der Waals surface area contributed by atoms with Crippen LogP contribution in [0.3, 0.4) is 0 Å². The van der Waals surface area contributed by atoms with Crippen LogP contribution in [0.5, 0.6) is 0 Å². The average Bonchev–Trinajstić information content (AvgIpc) is 3.19. The van der Waals surface area contributed by atoms with Crippen molar-refractivity contribution < 1.29 is 63.1 Å². The van der Waals surface area contributed by atoms with Gasteiger partial charge in [0.25, 0.3) is 0 Å². The third-order valence-corrected chi connectivity index (χ3v) is 11.3. The Labute approximate surface area is 343 Å². The number of carbonyl (C=O) groups excluding carboxylic acids is 2. The Morgan fingerprint density at radius 1 is 0.544 bits per heavy atom. The highest BCUT2D eigenvalue weighted by atomic mass is 31.2. The third-order valence-electron chi connectivity index (χ3n) is 10.3. The minimum Gasteiger partial charge on any atom is -0.462 e. The molecule has 0 aromatic carbocycles. The lowest BCUT2D eigenvalue weighted by molar-refractivity contribution is -0.220. The van der Waals surface area contributed by atoms with Crippen LogP contribution in [0, 0.1) is 0 Å². The number of rotatable bonds is 36. The summed E-state index contributed by atoms with van der Waals surface area (Å²) in [6.07, 6.45) is 22.3. The number of esters is 2. The number of aliphatic hydroxyl groups excluding tert-OH is 5. The molecule has 0 radical (unpaired) electrons. The molecule has 1 aliphatic carbocycles. The van der Waals surface area contributed by atoms with Gasteiger partial charge in [0.05, 0.1) is 6.61 Å². The Hall–Kier alpha value is -1.67. The summed E-state index contributed by atoms with van der Waals surface area (Å²) in [5.41, 5.74) is 0. The molecule has 6 N–H and O–H groups in total. The van der Waals surface area contributed by atoms with Gasteiger partial charge in [-0.3, -0.25) is 18.6 Å². The molecule has 13 nitrogen and oxygen atoms in total. The van der Waals surface area contributed by atoms with E-state index in [9.17, 15) is 44.6 Å². The molecule has 57 heavy (non-hydrogen) atoms. The number of hydrogen-bond donors (Lipinski definition) is 6. The van der Waals surface area contributed by atoms with Crippen LogP contribution in [0.2, 0.25) is 0 Å². The first-order valence-electron chi connectivity index (χ1n) is 22.1. The van der Waals surface area contributed by atoms with Crippen LogP contribution in [0.15, 0.2) is 24.3 Å². The summed E-state index contributed by atoms with van der Waals surface area (Å²) in [5, 5.41) is 50.1. The molecular weight excluding hydrogens is 755 g/mol. The van der Waals surface area contributed by atoms with Gasteiger partial charge in [-0.15, -0.1) is 0 Å². The van der Waals surface area contributed by atoms with Gasteiger partial charge >= 0.3 is 19.8 Å². The summed E-state index contributed by atoms with van der Waals surface area (Å²) in [6.45, 7) is 3.25. The topological polar surface area (TPSA) is 210 Å². The molecule has 0 heterocycles. The van der Waals surface area contributed by atoms with E-state index in [4.69, 9.17) is 18.5 Å². The van der Waals surface area contributed by atoms with Crippen molar-refractivity contribution in [3.8, 4) is 0 Å². The minimum absolute atomic E-state index is 0.0831. The fraction of sp³-hybridized carbons (Fsp3) is 0.860. The van der Waals surface area contributed by atoms with Gasteiger partial charge in [-0.05, 0) is 44.9 Å². The van der Waals surface area contributed by atoms with E-state index in [2.05, 4.69) is 38.2 Å². The van der Waals surface area contributed by atoms with E-state index in [0.29, 0.717) is 12.8 Å². The van der Waals surface area contributed by atoms with Gasteiger partial charge in [0.15, 0.2) is 6.10 Å². The molecule has 14 heteroatoms. The zero-order chi connectivity index (χ0) is 42.2. The molecule has 1 fully saturated rings. The second-order valence-electron chi connectivity index (χ2n) is 15.6. The van der Waals surface area contributed by atoms with Gasteiger partial charge in [0, 0.05) is 12.8 Å². The molecule has 0 aromatic rings. The van der Waals surface area contributed by atoms with Gasteiger partial charge < -0.3 is 39.9 Å². The Bertz CT molecular complexity index is 1100. The summed E-state index contributed by atoms with van der Waals surface area (Å²) in [6, 6.07) is 0. The number of hydrogen-bond acceptors (Lipinski definition) is 12. The summed E-state index contributed by atoms with van der Waals surface area (Å²) in [7, 11) is -5.11. The van der Waals surface area contributed by atoms with Crippen LogP contribution in [0.1, 0.15) is 181 Å². The smallest absolute Gasteiger partial charge is 0.462 e. The molecule has 1 aliphatic rings. The number of phosphoric acid groups is 1. The maximum atomic E-state index is 12.8. The predicted octanol–water partition coefficient (Wildman–Crippen LogP) is 8.06. The minimum atomic E-state index is -5.11. The average molecular weight is 835 g/mol. The molecule has 0 amide bonds. The number of aliphatic hydroxyl groups is 5. The monoisotopic (exact) mass is 835 g/mol. The molecule has 334 valence electrons. The second kappa shape index (κ2) is 34.1. The van der Waals surface area contributed by atoms with Gasteiger partial charge in [-0.25, -0.2) is 4.57 Å². The molecule has 6 atom stereocenters. The van der Waals surface area contributed by atoms with Crippen LogP contribution in [-0.2, 0) is 32.7 Å². The van der Waals surface area contributed by atoms with Crippen LogP contribution in [0.4, 0.5) is 0 Å². The third kappa shape index (κ3) is 26.9. The molecule has 0 aromatic heterocycles. The molecule has 1 rings (SSSR count). The molecule has 0 bridgehead atoms. The maximum Gasteiger partial charge on any atom is 0.472 e. The fourth-order valence-corrected chi connectivity index (χ4v) is 7.64. The number of phosphoric ester groups is 1. The number of unbranched alkanes of at least 4 members (excludes halogenated alkanes) is 20. The molecule has 0 aliphatic heterocycles. The van der Waals surface area contributed by atoms with Crippen LogP contribution < -0.4 is 0 Å². The first-order valence-corrected chi connectivity index (χ1v) is 23.6. The molecule has 1 saturated carbocycles. The summed E-state index contributed by atoms with van der Waals surface area (Å²) in [4.78, 5) is 35.6. The lowest BCUT2D eigenvalue weighted by Gasteiger charge is -2.41. The number of carbonyl (C=O) groups is 2. The highest BCUT2D eigenvalue weighted by Gasteiger charge is 2.51. The quantitative estimate of drug-likeness (QED) is 0.0153. The van der Waals surface area contributed by atoms with Crippen molar-refractivity contribution in [2.75, 3.05) is 13.2 Å². The number of ether oxygens (including phenoxy) is 2. The van der Waals surface area contributed by atoms with E-state index >= 15 is 0 Å². The van der Waals surface area contributed by atoms with Gasteiger partial charge in [0.1, 0.15) is 43.2 Å². The lowest BCUT2D eigenvalue weighted by atomic mass is 9.85. The normalized spacial score (nSPS) is 22.9. The van der Waals surface area contributed by atoms with Crippen LogP contribution in [-0.4, -0.2) is 98.3 Å². The van der Waals surface area contributed by atoms with E-state index in [-0.39, 0.29) is 12.8 Å². The maximum absolute atomic E-state index is 12.8. The van der Waals surface area contributed by atoms with Crippen LogP contribution >= 0.6 is 7.82 Å². The largest absolute Gasteiger partial charge is 0.472 e. The van der Waals surface area contributed by atoms with E-state index in [1.807, 2.05) is 0 Å².